The van der Waals surface area contributed by atoms with Crippen molar-refractivity contribution in [3.05, 3.63) is 16.1 Å². The highest BCUT2D eigenvalue weighted by Gasteiger charge is 2.33. The summed E-state index contributed by atoms with van der Waals surface area (Å²) in [4.78, 5) is 4.49. The molecule has 0 saturated heterocycles. The normalized spacial score (nSPS) is 21.7. The molecule has 2 N–H and O–H groups in total. The predicted octanol–water partition coefficient (Wildman–Crippen LogP) is 2.37. The smallest absolute Gasteiger partial charge is 0.156 e. The van der Waals surface area contributed by atoms with Crippen LogP contribution in [0.5, 0.6) is 0 Å². The number of thiazole rings is 1. The van der Waals surface area contributed by atoms with E-state index in [0.29, 0.717) is 5.01 Å². The zero-order valence-corrected chi connectivity index (χ0v) is 12.5. The van der Waals surface area contributed by atoms with Crippen molar-refractivity contribution in [3.8, 4) is 0 Å². The van der Waals surface area contributed by atoms with Crippen LogP contribution in [0.4, 0.5) is 0 Å². The Balaban J connectivity index is 2.25. The van der Waals surface area contributed by atoms with E-state index in [2.05, 4.69) is 4.98 Å². The summed E-state index contributed by atoms with van der Waals surface area (Å²) in [6.07, 6.45) is 6.64. The lowest BCUT2D eigenvalue weighted by Crippen LogP contribution is -2.39. The van der Waals surface area contributed by atoms with Gasteiger partial charge in [0.15, 0.2) is 9.84 Å². The highest BCUT2D eigenvalue weighted by Crippen LogP contribution is 2.36. The van der Waals surface area contributed by atoms with E-state index in [1.165, 1.54) is 24.0 Å². The zero-order chi connectivity index (χ0) is 13.4. The minimum absolute atomic E-state index is 0.343. The van der Waals surface area contributed by atoms with Crippen LogP contribution in [0.3, 0.4) is 0 Å². The summed E-state index contributed by atoms with van der Waals surface area (Å²) in [6, 6.07) is 0. The van der Waals surface area contributed by atoms with Crippen molar-refractivity contribution in [2.24, 2.45) is 5.73 Å². The van der Waals surface area contributed by atoms with E-state index < -0.39 is 15.1 Å². The summed E-state index contributed by atoms with van der Waals surface area (Å²) in [5, 5.41) is 2.05. The molecule has 1 atom stereocenters. The first-order chi connectivity index (χ1) is 8.33. The van der Waals surface area contributed by atoms with Gasteiger partial charge in [0.05, 0.1) is 11.2 Å². The van der Waals surface area contributed by atoms with Gasteiger partial charge in [-0.2, -0.15) is 0 Å². The van der Waals surface area contributed by atoms with Gasteiger partial charge in [-0.1, -0.05) is 19.3 Å². The molecule has 1 aromatic heterocycles. The quantitative estimate of drug-likeness (QED) is 0.926. The molecule has 0 aliphatic heterocycles. The van der Waals surface area contributed by atoms with Crippen LogP contribution in [0, 0.1) is 0 Å². The fourth-order valence-corrected chi connectivity index (χ4v) is 4.30. The molecule has 0 bridgehead atoms. The Kier molecular flexibility index (Phi) is 3.80. The van der Waals surface area contributed by atoms with Crippen LogP contribution in [0.1, 0.15) is 55.0 Å². The number of aromatic nitrogens is 1. The highest BCUT2D eigenvalue weighted by atomic mass is 32.2. The van der Waals surface area contributed by atoms with Crippen molar-refractivity contribution < 1.29 is 8.42 Å². The fourth-order valence-electron chi connectivity index (χ4n) is 2.32. The molecule has 1 saturated carbocycles. The Morgan fingerprint density at radius 1 is 1.39 bits per heavy atom. The van der Waals surface area contributed by atoms with Gasteiger partial charge in [-0.15, -0.1) is 11.3 Å². The molecule has 1 aliphatic carbocycles. The van der Waals surface area contributed by atoms with Gasteiger partial charge in [-0.05, 0) is 19.8 Å². The van der Waals surface area contributed by atoms with E-state index in [4.69, 9.17) is 5.73 Å². The molecule has 6 heteroatoms. The Labute approximate surface area is 113 Å². The Bertz CT molecular complexity index is 516. The lowest BCUT2D eigenvalue weighted by molar-refractivity contribution is 0.296. The minimum Gasteiger partial charge on any atom is -0.320 e. The van der Waals surface area contributed by atoms with Gasteiger partial charge in [0.1, 0.15) is 10.3 Å². The SMILES string of the molecule is CC(c1nc(C2(N)CCCCC2)cs1)S(C)(=O)=O. The van der Waals surface area contributed by atoms with Crippen molar-refractivity contribution in [1.82, 2.24) is 4.98 Å². The maximum Gasteiger partial charge on any atom is 0.156 e. The van der Waals surface area contributed by atoms with E-state index >= 15 is 0 Å². The second kappa shape index (κ2) is 4.90. The molecule has 102 valence electrons. The molecular formula is C12H20N2O2S2. The summed E-state index contributed by atoms with van der Waals surface area (Å²) in [7, 11) is -3.09. The van der Waals surface area contributed by atoms with E-state index in [1.807, 2.05) is 5.38 Å². The van der Waals surface area contributed by atoms with Gasteiger partial charge in [0, 0.05) is 11.6 Å². The van der Waals surface area contributed by atoms with Crippen molar-refractivity contribution in [2.75, 3.05) is 6.26 Å². The van der Waals surface area contributed by atoms with Gasteiger partial charge in [0.25, 0.3) is 0 Å². The maximum absolute atomic E-state index is 11.5. The summed E-state index contributed by atoms with van der Waals surface area (Å²) in [5.41, 5.74) is 6.93. The number of nitrogens with two attached hydrogens (primary N) is 1. The Morgan fingerprint density at radius 3 is 2.56 bits per heavy atom. The summed E-state index contributed by atoms with van der Waals surface area (Å²) >= 11 is 1.41. The van der Waals surface area contributed by atoms with Gasteiger partial charge < -0.3 is 5.73 Å². The van der Waals surface area contributed by atoms with Crippen molar-refractivity contribution in [1.29, 1.82) is 0 Å². The topological polar surface area (TPSA) is 73.0 Å². The van der Waals surface area contributed by atoms with Crippen LogP contribution >= 0.6 is 11.3 Å². The van der Waals surface area contributed by atoms with E-state index in [-0.39, 0.29) is 5.54 Å². The molecule has 0 spiro atoms. The Hall–Kier alpha value is -0.460. The third kappa shape index (κ3) is 2.75. The Morgan fingerprint density at radius 2 is 2.00 bits per heavy atom. The number of nitrogens with zero attached hydrogens (tertiary/aromatic N) is 1. The predicted molar refractivity (Wildman–Crippen MR) is 74.3 cm³/mol. The van der Waals surface area contributed by atoms with Crippen LogP contribution in [0.2, 0.25) is 0 Å². The molecule has 2 rings (SSSR count). The van der Waals surface area contributed by atoms with Crippen LogP contribution < -0.4 is 5.73 Å². The molecule has 1 aromatic rings. The van der Waals surface area contributed by atoms with Gasteiger partial charge in [0.2, 0.25) is 0 Å². The first-order valence-electron chi connectivity index (χ1n) is 6.26. The molecule has 1 fully saturated rings. The second-order valence-corrected chi connectivity index (χ2v) is 8.52. The standard InChI is InChI=1S/C12H20N2O2S2/c1-9(18(2,15)16)11-14-10(8-17-11)12(13)6-4-3-5-7-12/h8-9H,3-7,13H2,1-2H3. The van der Waals surface area contributed by atoms with Gasteiger partial charge in [-0.3, -0.25) is 0 Å². The first-order valence-corrected chi connectivity index (χ1v) is 9.10. The van der Waals surface area contributed by atoms with E-state index in [0.717, 1.165) is 31.4 Å². The molecule has 0 aromatic carbocycles. The molecule has 1 unspecified atom stereocenters. The third-order valence-electron chi connectivity index (χ3n) is 3.77. The molecule has 0 amide bonds. The molecule has 1 heterocycles. The first kappa shape index (κ1) is 14.0. The van der Waals surface area contributed by atoms with Crippen LogP contribution in [0.25, 0.3) is 0 Å². The maximum atomic E-state index is 11.5. The largest absolute Gasteiger partial charge is 0.320 e. The summed E-state index contributed by atoms with van der Waals surface area (Å²) in [5.74, 6) is 0. The number of sulfone groups is 1. The molecule has 4 nitrogen and oxygen atoms in total. The van der Waals surface area contributed by atoms with Crippen LogP contribution in [-0.2, 0) is 15.4 Å². The average molecular weight is 288 g/mol. The monoisotopic (exact) mass is 288 g/mol. The van der Waals surface area contributed by atoms with E-state index in [9.17, 15) is 8.42 Å². The fraction of sp³-hybridized carbons (Fsp3) is 0.750. The summed E-state index contributed by atoms with van der Waals surface area (Å²) < 4.78 is 23.1. The van der Waals surface area contributed by atoms with Crippen LogP contribution in [-0.4, -0.2) is 19.7 Å². The highest BCUT2D eigenvalue weighted by molar-refractivity contribution is 7.91. The van der Waals surface area contributed by atoms with Crippen LogP contribution in [0.15, 0.2) is 5.38 Å². The van der Waals surface area contributed by atoms with Crippen molar-refractivity contribution in [2.45, 2.75) is 49.8 Å². The molecule has 0 radical (unpaired) electrons. The van der Waals surface area contributed by atoms with Gasteiger partial charge >= 0.3 is 0 Å². The molecule has 18 heavy (non-hydrogen) atoms. The molecular weight excluding hydrogens is 268 g/mol. The number of hydrogen-bond donors (Lipinski definition) is 1. The van der Waals surface area contributed by atoms with E-state index in [1.54, 1.807) is 6.92 Å². The number of rotatable bonds is 3. The lowest BCUT2D eigenvalue weighted by atomic mass is 9.81. The lowest BCUT2D eigenvalue weighted by Gasteiger charge is -2.31. The number of hydrogen-bond acceptors (Lipinski definition) is 5. The molecule has 1 aliphatic rings. The van der Waals surface area contributed by atoms with Gasteiger partial charge in [-0.25, -0.2) is 13.4 Å². The average Bonchev–Trinajstić information content (AvgIpc) is 2.77. The van der Waals surface area contributed by atoms with Crippen molar-refractivity contribution in [3.63, 3.8) is 0 Å². The summed E-state index contributed by atoms with van der Waals surface area (Å²) in [6.45, 7) is 1.68. The van der Waals surface area contributed by atoms with Crippen molar-refractivity contribution >= 4 is 21.2 Å². The minimum atomic E-state index is -3.09. The zero-order valence-electron chi connectivity index (χ0n) is 10.8. The third-order valence-corrected chi connectivity index (χ3v) is 6.45. The second-order valence-electron chi connectivity index (χ2n) is 5.26.